The van der Waals surface area contributed by atoms with Crippen LogP contribution >= 0.6 is 11.3 Å². The number of hydrogen-bond acceptors (Lipinski definition) is 6. The number of carbonyl (C=O) groups is 1. The molecule has 0 spiro atoms. The smallest absolute Gasteiger partial charge is 0.348 e. The Kier molecular flexibility index (Phi) is 5.15. The fourth-order valence-corrected chi connectivity index (χ4v) is 5.66. The van der Waals surface area contributed by atoms with Gasteiger partial charge in [-0.2, -0.15) is 4.31 Å². The molecule has 8 heteroatoms. The van der Waals surface area contributed by atoms with E-state index in [0.29, 0.717) is 24.6 Å². The third kappa shape index (κ3) is 3.44. The molecule has 1 aromatic carbocycles. The normalized spacial score (nSPS) is 22.2. The monoisotopic (exact) mass is 382 g/mol. The molecule has 3 rings (SSSR count). The molecule has 2 unspecified atom stereocenters. The standard InChI is InChI=1S/C17H22N2O4S2/c1-4-23-17(20)16-10-13-9-14(5-6-15(13)24-16)25(21,22)19-8-7-18-11(2)12(19)3/h5-6,9-12,18H,4,7-8H2,1-3H3. The van der Waals surface area contributed by atoms with Gasteiger partial charge >= 0.3 is 5.97 Å². The van der Waals surface area contributed by atoms with E-state index in [1.54, 1.807) is 35.5 Å². The average Bonchev–Trinajstić information content (AvgIpc) is 3.00. The van der Waals surface area contributed by atoms with Crippen LogP contribution in [0, 0.1) is 0 Å². The van der Waals surface area contributed by atoms with Gasteiger partial charge in [0.15, 0.2) is 0 Å². The fourth-order valence-electron chi connectivity index (χ4n) is 2.99. The number of nitrogens with zero attached hydrogens (tertiary/aromatic N) is 1. The van der Waals surface area contributed by atoms with Crippen LogP contribution in [0.3, 0.4) is 0 Å². The summed E-state index contributed by atoms with van der Waals surface area (Å²) in [6, 6.07) is 6.69. The first-order valence-corrected chi connectivity index (χ1v) is 10.6. The zero-order chi connectivity index (χ0) is 18.2. The van der Waals surface area contributed by atoms with Crippen LogP contribution in [-0.2, 0) is 14.8 Å². The molecule has 0 bridgehead atoms. The Balaban J connectivity index is 1.96. The molecule has 136 valence electrons. The SMILES string of the molecule is CCOC(=O)c1cc2cc(S(=O)(=O)N3CCNC(C)C3C)ccc2s1. The largest absolute Gasteiger partial charge is 0.462 e. The maximum Gasteiger partial charge on any atom is 0.348 e. The maximum absolute atomic E-state index is 13.0. The second-order valence-electron chi connectivity index (χ2n) is 6.13. The van der Waals surface area contributed by atoms with Gasteiger partial charge in [-0.1, -0.05) is 0 Å². The molecule has 0 radical (unpaired) electrons. The van der Waals surface area contributed by atoms with Crippen molar-refractivity contribution >= 4 is 37.4 Å². The van der Waals surface area contributed by atoms with Crippen LogP contribution in [0.25, 0.3) is 10.1 Å². The van der Waals surface area contributed by atoms with Crippen molar-refractivity contribution in [3.63, 3.8) is 0 Å². The first-order chi connectivity index (χ1) is 11.8. The Hall–Kier alpha value is -1.48. The summed E-state index contributed by atoms with van der Waals surface area (Å²) in [5.41, 5.74) is 0. The molecule has 2 atom stereocenters. The minimum Gasteiger partial charge on any atom is -0.462 e. The Morgan fingerprint density at radius 2 is 2.12 bits per heavy atom. The number of nitrogens with one attached hydrogen (secondary N) is 1. The number of benzene rings is 1. The lowest BCUT2D eigenvalue weighted by molar-refractivity contribution is 0.0532. The summed E-state index contributed by atoms with van der Waals surface area (Å²) >= 11 is 1.31. The van der Waals surface area contributed by atoms with E-state index in [0.717, 1.165) is 10.1 Å². The second kappa shape index (κ2) is 7.03. The van der Waals surface area contributed by atoms with Crippen LogP contribution in [0.5, 0.6) is 0 Å². The van der Waals surface area contributed by atoms with Gasteiger partial charge in [-0.3, -0.25) is 0 Å². The van der Waals surface area contributed by atoms with Gasteiger partial charge in [0.2, 0.25) is 10.0 Å². The summed E-state index contributed by atoms with van der Waals surface area (Å²) in [7, 11) is -3.58. The molecule has 6 nitrogen and oxygen atoms in total. The predicted octanol–water partition coefficient (Wildman–Crippen LogP) is 2.45. The average molecular weight is 383 g/mol. The van der Waals surface area contributed by atoms with Gasteiger partial charge in [0.1, 0.15) is 4.88 Å². The molecular weight excluding hydrogens is 360 g/mol. The highest BCUT2D eigenvalue weighted by Gasteiger charge is 2.34. The fraction of sp³-hybridized carbons (Fsp3) is 0.471. The van der Waals surface area contributed by atoms with Gasteiger partial charge < -0.3 is 10.1 Å². The van der Waals surface area contributed by atoms with Crippen molar-refractivity contribution < 1.29 is 17.9 Å². The molecule has 0 amide bonds. The number of sulfonamides is 1. The first kappa shape index (κ1) is 18.3. The molecular formula is C17H22N2O4S2. The van der Waals surface area contributed by atoms with E-state index in [2.05, 4.69) is 5.32 Å². The van der Waals surface area contributed by atoms with Crippen molar-refractivity contribution in [1.29, 1.82) is 0 Å². The molecule has 0 aliphatic carbocycles. The highest BCUT2D eigenvalue weighted by atomic mass is 32.2. The molecule has 2 heterocycles. The molecule has 1 saturated heterocycles. The minimum atomic E-state index is -3.58. The lowest BCUT2D eigenvalue weighted by Gasteiger charge is -2.37. The molecule has 2 aromatic rings. The number of esters is 1. The highest BCUT2D eigenvalue weighted by Crippen LogP contribution is 2.30. The highest BCUT2D eigenvalue weighted by molar-refractivity contribution is 7.89. The number of fused-ring (bicyclic) bond motifs is 1. The number of hydrogen-bond donors (Lipinski definition) is 1. The maximum atomic E-state index is 13.0. The molecule has 1 aliphatic rings. The topological polar surface area (TPSA) is 75.7 Å². The van der Waals surface area contributed by atoms with E-state index >= 15 is 0 Å². The van der Waals surface area contributed by atoms with E-state index in [1.165, 1.54) is 11.3 Å². The summed E-state index contributed by atoms with van der Waals surface area (Å²) in [5.74, 6) is -0.377. The minimum absolute atomic E-state index is 0.101. The molecule has 1 N–H and O–H groups in total. The van der Waals surface area contributed by atoms with Gasteiger partial charge in [0, 0.05) is 29.9 Å². The zero-order valence-corrected chi connectivity index (χ0v) is 16.1. The molecule has 1 aliphatic heterocycles. The van der Waals surface area contributed by atoms with E-state index in [1.807, 2.05) is 13.8 Å². The van der Waals surface area contributed by atoms with Crippen LogP contribution in [0.1, 0.15) is 30.4 Å². The van der Waals surface area contributed by atoms with Crippen LogP contribution in [0.4, 0.5) is 0 Å². The summed E-state index contributed by atoms with van der Waals surface area (Å²) in [6.45, 7) is 7.05. The Morgan fingerprint density at radius 3 is 2.84 bits per heavy atom. The van der Waals surface area contributed by atoms with Crippen LogP contribution in [0.2, 0.25) is 0 Å². The quantitative estimate of drug-likeness (QED) is 0.822. The van der Waals surface area contributed by atoms with E-state index < -0.39 is 10.0 Å². The predicted molar refractivity (Wildman–Crippen MR) is 98.6 cm³/mol. The molecule has 1 aromatic heterocycles. The molecule has 1 fully saturated rings. The summed E-state index contributed by atoms with van der Waals surface area (Å²) < 4.78 is 33.5. The van der Waals surface area contributed by atoms with Gasteiger partial charge in [0.25, 0.3) is 0 Å². The van der Waals surface area contributed by atoms with Crippen molar-refractivity contribution in [3.8, 4) is 0 Å². The molecule has 0 saturated carbocycles. The summed E-state index contributed by atoms with van der Waals surface area (Å²) in [5, 5.41) is 4.03. The van der Waals surface area contributed by atoms with Gasteiger partial charge in [0.05, 0.1) is 11.5 Å². The van der Waals surface area contributed by atoms with Crippen molar-refractivity contribution in [2.45, 2.75) is 37.8 Å². The lowest BCUT2D eigenvalue weighted by Crippen LogP contribution is -2.57. The Labute approximate surface area is 151 Å². The van der Waals surface area contributed by atoms with Gasteiger partial charge in [-0.05, 0) is 50.4 Å². The lowest BCUT2D eigenvalue weighted by atomic mass is 10.1. The number of piperazine rings is 1. The van der Waals surface area contributed by atoms with Crippen molar-refractivity contribution in [1.82, 2.24) is 9.62 Å². The van der Waals surface area contributed by atoms with Gasteiger partial charge in [-0.25, -0.2) is 13.2 Å². The third-order valence-corrected chi connectivity index (χ3v) is 7.63. The van der Waals surface area contributed by atoms with E-state index in [-0.39, 0.29) is 22.9 Å². The van der Waals surface area contributed by atoms with Crippen LogP contribution in [-0.4, -0.2) is 50.5 Å². The Bertz CT molecular complexity index is 891. The second-order valence-corrected chi connectivity index (χ2v) is 9.10. The zero-order valence-electron chi connectivity index (χ0n) is 14.5. The Morgan fingerprint density at radius 1 is 1.36 bits per heavy atom. The van der Waals surface area contributed by atoms with E-state index in [4.69, 9.17) is 4.74 Å². The van der Waals surface area contributed by atoms with Crippen molar-refractivity contribution in [2.24, 2.45) is 0 Å². The van der Waals surface area contributed by atoms with Crippen molar-refractivity contribution in [3.05, 3.63) is 29.1 Å². The first-order valence-electron chi connectivity index (χ1n) is 8.30. The van der Waals surface area contributed by atoms with Crippen LogP contribution in [0.15, 0.2) is 29.2 Å². The number of rotatable bonds is 4. The molecule has 25 heavy (non-hydrogen) atoms. The number of thiophene rings is 1. The third-order valence-electron chi connectivity index (χ3n) is 4.55. The summed E-state index contributed by atoms with van der Waals surface area (Å²) in [6.07, 6.45) is 0. The van der Waals surface area contributed by atoms with Crippen molar-refractivity contribution in [2.75, 3.05) is 19.7 Å². The number of ether oxygens (including phenoxy) is 1. The van der Waals surface area contributed by atoms with E-state index in [9.17, 15) is 13.2 Å². The number of carbonyl (C=O) groups excluding carboxylic acids is 1. The van der Waals surface area contributed by atoms with Crippen LogP contribution < -0.4 is 5.32 Å². The summed E-state index contributed by atoms with van der Waals surface area (Å²) in [4.78, 5) is 12.6. The van der Waals surface area contributed by atoms with Gasteiger partial charge in [-0.15, -0.1) is 11.3 Å².